The van der Waals surface area contributed by atoms with Crippen molar-refractivity contribution in [2.45, 2.75) is 38.8 Å². The number of carbonyl (C=O) groups is 1. The zero-order valence-corrected chi connectivity index (χ0v) is 8.90. The molecular weight excluding hydrogens is 196 g/mol. The van der Waals surface area contributed by atoms with Crippen LogP contribution in [0.5, 0.6) is 0 Å². The molecule has 0 saturated heterocycles. The maximum absolute atomic E-state index is 11.4. The molecule has 4 N–H and O–H groups in total. The summed E-state index contributed by atoms with van der Waals surface area (Å²) in [6, 6.07) is -0.194. The van der Waals surface area contributed by atoms with Crippen LogP contribution in [-0.4, -0.2) is 32.6 Å². The number of aromatic nitrogens is 4. The van der Waals surface area contributed by atoms with Gasteiger partial charge in [0, 0.05) is 12.5 Å². The summed E-state index contributed by atoms with van der Waals surface area (Å²) in [7, 11) is 0. The smallest absolute Gasteiger partial charge is 0.220 e. The van der Waals surface area contributed by atoms with Gasteiger partial charge in [-0.2, -0.15) is 5.21 Å². The van der Waals surface area contributed by atoms with Crippen LogP contribution >= 0.6 is 0 Å². The molecule has 0 fully saturated rings. The van der Waals surface area contributed by atoms with Crippen LogP contribution in [0.4, 0.5) is 0 Å². The number of nitrogens with one attached hydrogen (secondary N) is 2. The Morgan fingerprint density at radius 3 is 2.87 bits per heavy atom. The monoisotopic (exact) mass is 212 g/mol. The lowest BCUT2D eigenvalue weighted by Gasteiger charge is -2.10. The largest absolute Gasteiger partial charge is 0.346 e. The van der Waals surface area contributed by atoms with Gasteiger partial charge in [-0.15, -0.1) is 10.2 Å². The summed E-state index contributed by atoms with van der Waals surface area (Å²) in [5, 5.41) is 16.1. The van der Waals surface area contributed by atoms with Crippen molar-refractivity contribution in [2.24, 2.45) is 5.73 Å². The topological polar surface area (TPSA) is 110 Å². The van der Waals surface area contributed by atoms with Gasteiger partial charge in [-0.3, -0.25) is 4.79 Å². The van der Waals surface area contributed by atoms with Gasteiger partial charge in [0.2, 0.25) is 5.91 Å². The second kappa shape index (κ2) is 5.40. The Morgan fingerprint density at radius 1 is 1.60 bits per heavy atom. The first-order valence-corrected chi connectivity index (χ1v) is 4.88. The molecule has 84 valence electrons. The number of amides is 1. The zero-order chi connectivity index (χ0) is 11.3. The minimum atomic E-state index is -0.232. The number of carbonyl (C=O) groups excluding carboxylic acids is 1. The van der Waals surface area contributed by atoms with Crippen LogP contribution in [0.15, 0.2) is 0 Å². The molecule has 7 nitrogen and oxygen atoms in total. The molecule has 0 aliphatic heterocycles. The van der Waals surface area contributed by atoms with Crippen LogP contribution in [0.1, 0.15) is 38.6 Å². The van der Waals surface area contributed by atoms with E-state index in [-0.39, 0.29) is 18.0 Å². The van der Waals surface area contributed by atoms with Gasteiger partial charge >= 0.3 is 0 Å². The van der Waals surface area contributed by atoms with Gasteiger partial charge in [-0.1, -0.05) is 5.21 Å². The first kappa shape index (κ1) is 11.6. The summed E-state index contributed by atoms with van der Waals surface area (Å²) < 4.78 is 0. The quantitative estimate of drug-likeness (QED) is 0.609. The number of tetrazole rings is 1. The Bertz CT molecular complexity index is 296. The lowest BCUT2D eigenvalue weighted by Crippen LogP contribution is -2.28. The molecule has 1 rings (SSSR count). The number of nitrogens with zero attached hydrogens (tertiary/aromatic N) is 3. The van der Waals surface area contributed by atoms with Crippen molar-refractivity contribution in [3.63, 3.8) is 0 Å². The SMILES string of the molecule is CC(N)CCC(=O)NC(C)c1nn[nH]n1. The van der Waals surface area contributed by atoms with Crippen molar-refractivity contribution in [3.05, 3.63) is 5.82 Å². The van der Waals surface area contributed by atoms with Crippen molar-refractivity contribution in [3.8, 4) is 0 Å². The van der Waals surface area contributed by atoms with E-state index in [1.165, 1.54) is 0 Å². The summed E-state index contributed by atoms with van der Waals surface area (Å²) in [5.74, 6) is 0.425. The molecule has 2 unspecified atom stereocenters. The van der Waals surface area contributed by atoms with E-state index in [9.17, 15) is 4.79 Å². The van der Waals surface area contributed by atoms with Gasteiger partial charge < -0.3 is 11.1 Å². The second-order valence-corrected chi connectivity index (χ2v) is 3.58. The highest BCUT2D eigenvalue weighted by Gasteiger charge is 2.13. The van der Waals surface area contributed by atoms with Gasteiger partial charge in [-0.05, 0) is 20.3 Å². The molecule has 1 aromatic rings. The van der Waals surface area contributed by atoms with Gasteiger partial charge in [0.15, 0.2) is 5.82 Å². The van der Waals surface area contributed by atoms with E-state index < -0.39 is 0 Å². The third-order valence-corrected chi connectivity index (χ3v) is 1.95. The van der Waals surface area contributed by atoms with Gasteiger partial charge in [0.25, 0.3) is 0 Å². The fourth-order valence-electron chi connectivity index (χ4n) is 1.09. The van der Waals surface area contributed by atoms with Crippen LogP contribution in [0.25, 0.3) is 0 Å². The molecule has 0 spiro atoms. The summed E-state index contributed by atoms with van der Waals surface area (Å²) in [6.07, 6.45) is 1.09. The van der Waals surface area contributed by atoms with E-state index in [0.29, 0.717) is 18.7 Å². The highest BCUT2D eigenvalue weighted by Crippen LogP contribution is 2.04. The number of nitrogens with two attached hydrogens (primary N) is 1. The van der Waals surface area contributed by atoms with Crippen LogP contribution in [-0.2, 0) is 4.79 Å². The lowest BCUT2D eigenvalue weighted by molar-refractivity contribution is -0.121. The first-order chi connectivity index (χ1) is 7.09. The average molecular weight is 212 g/mol. The van der Waals surface area contributed by atoms with Gasteiger partial charge in [0.05, 0.1) is 6.04 Å². The van der Waals surface area contributed by atoms with Crippen LogP contribution < -0.4 is 11.1 Å². The van der Waals surface area contributed by atoms with E-state index in [1.807, 2.05) is 6.92 Å². The third-order valence-electron chi connectivity index (χ3n) is 1.95. The average Bonchev–Trinajstić information content (AvgIpc) is 2.67. The predicted octanol–water partition coefficient (Wildman–Crippen LogP) is -0.496. The molecule has 0 saturated carbocycles. The normalized spacial score (nSPS) is 14.6. The molecule has 7 heteroatoms. The zero-order valence-electron chi connectivity index (χ0n) is 8.90. The van der Waals surface area contributed by atoms with E-state index in [0.717, 1.165) is 0 Å². The van der Waals surface area contributed by atoms with Crippen molar-refractivity contribution < 1.29 is 4.79 Å². The molecule has 1 heterocycles. The molecule has 2 atom stereocenters. The van der Waals surface area contributed by atoms with Crippen molar-refractivity contribution in [2.75, 3.05) is 0 Å². The summed E-state index contributed by atoms with van der Waals surface area (Å²) in [6.45, 7) is 3.67. The van der Waals surface area contributed by atoms with Crippen molar-refractivity contribution in [1.82, 2.24) is 25.9 Å². The van der Waals surface area contributed by atoms with E-state index in [2.05, 4.69) is 25.9 Å². The standard InChI is InChI=1S/C8H16N6O/c1-5(9)3-4-7(15)10-6(2)8-11-13-14-12-8/h5-6H,3-4,9H2,1-2H3,(H,10,15)(H,11,12,13,14). The maximum atomic E-state index is 11.4. The number of H-pyrrole nitrogens is 1. The fraction of sp³-hybridized carbons (Fsp3) is 0.750. The minimum absolute atomic E-state index is 0.0382. The molecule has 1 amide bonds. The summed E-state index contributed by atoms with van der Waals surface area (Å²) >= 11 is 0. The minimum Gasteiger partial charge on any atom is -0.346 e. The number of aromatic amines is 1. The van der Waals surface area contributed by atoms with E-state index in [4.69, 9.17) is 5.73 Å². The number of hydrogen-bond acceptors (Lipinski definition) is 5. The summed E-state index contributed by atoms with van der Waals surface area (Å²) in [5.41, 5.74) is 5.55. The van der Waals surface area contributed by atoms with Crippen molar-refractivity contribution in [1.29, 1.82) is 0 Å². The van der Waals surface area contributed by atoms with Crippen LogP contribution in [0.2, 0.25) is 0 Å². The Morgan fingerprint density at radius 2 is 2.33 bits per heavy atom. The maximum Gasteiger partial charge on any atom is 0.220 e. The van der Waals surface area contributed by atoms with Crippen LogP contribution in [0, 0.1) is 0 Å². The van der Waals surface area contributed by atoms with Crippen molar-refractivity contribution >= 4 is 5.91 Å². The molecule has 0 aliphatic carbocycles. The van der Waals surface area contributed by atoms with Gasteiger partial charge in [-0.25, -0.2) is 0 Å². The molecular formula is C8H16N6O. The Hall–Kier alpha value is -1.50. The molecule has 15 heavy (non-hydrogen) atoms. The summed E-state index contributed by atoms with van der Waals surface area (Å²) in [4.78, 5) is 11.4. The molecule has 0 bridgehead atoms. The molecule has 1 aromatic heterocycles. The Kier molecular flexibility index (Phi) is 4.17. The highest BCUT2D eigenvalue weighted by atomic mass is 16.1. The van der Waals surface area contributed by atoms with E-state index in [1.54, 1.807) is 6.92 Å². The highest BCUT2D eigenvalue weighted by molar-refractivity contribution is 5.76. The molecule has 0 aliphatic rings. The lowest BCUT2D eigenvalue weighted by atomic mass is 10.2. The predicted molar refractivity (Wildman–Crippen MR) is 53.6 cm³/mol. The van der Waals surface area contributed by atoms with Crippen LogP contribution in [0.3, 0.4) is 0 Å². The number of hydrogen-bond donors (Lipinski definition) is 3. The third kappa shape index (κ3) is 4.03. The Labute approximate surface area is 87.8 Å². The molecule has 0 radical (unpaired) electrons. The van der Waals surface area contributed by atoms with Gasteiger partial charge in [0.1, 0.15) is 0 Å². The fourth-order valence-corrected chi connectivity index (χ4v) is 1.09. The Balaban J connectivity index is 2.32. The molecule has 0 aromatic carbocycles. The van der Waals surface area contributed by atoms with E-state index >= 15 is 0 Å². The first-order valence-electron chi connectivity index (χ1n) is 4.88. The second-order valence-electron chi connectivity index (χ2n) is 3.58. The number of rotatable bonds is 5.